The fourth-order valence-corrected chi connectivity index (χ4v) is 3.52. The van der Waals surface area contributed by atoms with E-state index in [1.807, 2.05) is 32.0 Å². The standard InChI is InChI=1S/C24H19ClN2O4/c1-3-15-5-8-17(9-6-15)27-23(29)20(22(28)26-24(27)30)13-18-10-11-21(31-18)19-12-16(25)7-4-14(19)2/h4-13H,3H2,1-2H3,(H,26,28,30). The van der Waals surface area contributed by atoms with Gasteiger partial charge in [0.2, 0.25) is 0 Å². The number of rotatable bonds is 4. The monoisotopic (exact) mass is 434 g/mol. The number of anilines is 1. The fourth-order valence-electron chi connectivity index (χ4n) is 3.35. The molecule has 1 N–H and O–H groups in total. The Morgan fingerprint density at radius 3 is 2.48 bits per heavy atom. The number of carbonyl (C=O) groups excluding carboxylic acids is 3. The number of carbonyl (C=O) groups is 3. The first-order chi connectivity index (χ1) is 14.9. The maximum absolute atomic E-state index is 13.0. The summed E-state index contributed by atoms with van der Waals surface area (Å²) in [6, 6.07) is 15.1. The lowest BCUT2D eigenvalue weighted by atomic mass is 10.1. The van der Waals surface area contributed by atoms with Gasteiger partial charge < -0.3 is 4.42 Å². The van der Waals surface area contributed by atoms with Gasteiger partial charge in [0.05, 0.1) is 5.69 Å². The van der Waals surface area contributed by atoms with Crippen LogP contribution < -0.4 is 10.2 Å². The lowest BCUT2D eigenvalue weighted by Crippen LogP contribution is -2.54. The topological polar surface area (TPSA) is 79.6 Å². The van der Waals surface area contributed by atoms with Gasteiger partial charge in [0.25, 0.3) is 11.8 Å². The molecule has 1 aliphatic rings. The van der Waals surface area contributed by atoms with Crippen molar-refractivity contribution in [2.45, 2.75) is 20.3 Å². The van der Waals surface area contributed by atoms with Crippen LogP contribution >= 0.6 is 11.6 Å². The molecule has 4 amide bonds. The molecule has 0 atom stereocenters. The van der Waals surface area contributed by atoms with Crippen LogP contribution in [0, 0.1) is 6.92 Å². The Kier molecular flexibility index (Phi) is 5.48. The molecule has 3 aromatic rings. The third kappa shape index (κ3) is 4.02. The molecule has 0 spiro atoms. The minimum absolute atomic E-state index is 0.192. The van der Waals surface area contributed by atoms with Gasteiger partial charge in [0, 0.05) is 10.6 Å². The second-order valence-corrected chi connectivity index (χ2v) is 7.58. The number of imide groups is 2. The van der Waals surface area contributed by atoms with Gasteiger partial charge in [-0.05, 0) is 66.9 Å². The number of aryl methyl sites for hydroxylation is 2. The highest BCUT2D eigenvalue weighted by atomic mass is 35.5. The zero-order valence-corrected chi connectivity index (χ0v) is 17.7. The molecular weight excluding hydrogens is 416 g/mol. The van der Waals surface area contributed by atoms with Gasteiger partial charge >= 0.3 is 6.03 Å². The molecule has 156 valence electrons. The van der Waals surface area contributed by atoms with Crippen molar-refractivity contribution in [3.63, 3.8) is 0 Å². The Balaban J connectivity index is 1.67. The van der Waals surface area contributed by atoms with Crippen molar-refractivity contribution < 1.29 is 18.8 Å². The minimum atomic E-state index is -0.786. The number of barbiturate groups is 1. The van der Waals surface area contributed by atoms with E-state index in [2.05, 4.69) is 5.32 Å². The van der Waals surface area contributed by atoms with Crippen LogP contribution in [0.2, 0.25) is 5.02 Å². The summed E-state index contributed by atoms with van der Waals surface area (Å²) >= 11 is 6.09. The van der Waals surface area contributed by atoms with Gasteiger partial charge in [-0.15, -0.1) is 0 Å². The third-order valence-electron chi connectivity index (χ3n) is 5.08. The number of hydrogen-bond acceptors (Lipinski definition) is 4. The Hall–Kier alpha value is -3.64. The number of nitrogens with zero attached hydrogens (tertiary/aromatic N) is 1. The zero-order valence-electron chi connectivity index (χ0n) is 16.9. The van der Waals surface area contributed by atoms with E-state index >= 15 is 0 Å². The summed E-state index contributed by atoms with van der Waals surface area (Å²) in [5.74, 6) is -0.620. The van der Waals surface area contributed by atoms with Crippen molar-refractivity contribution in [3.8, 4) is 11.3 Å². The summed E-state index contributed by atoms with van der Waals surface area (Å²) in [5.41, 5.74) is 3.04. The molecule has 2 heterocycles. The predicted octanol–water partition coefficient (Wildman–Crippen LogP) is 5.14. The molecule has 6 nitrogen and oxygen atoms in total. The van der Waals surface area contributed by atoms with Gasteiger partial charge in [-0.1, -0.05) is 36.7 Å². The van der Waals surface area contributed by atoms with Crippen LogP contribution in [0.5, 0.6) is 0 Å². The normalized spacial score (nSPS) is 15.5. The number of hydrogen-bond donors (Lipinski definition) is 1. The van der Waals surface area contributed by atoms with Crippen molar-refractivity contribution in [2.24, 2.45) is 0 Å². The summed E-state index contributed by atoms with van der Waals surface area (Å²) in [5, 5.41) is 2.78. The molecule has 0 aliphatic carbocycles. The Labute approximate surface area is 184 Å². The summed E-state index contributed by atoms with van der Waals surface area (Å²) in [6.07, 6.45) is 2.16. The highest BCUT2D eigenvalue weighted by Gasteiger charge is 2.37. The van der Waals surface area contributed by atoms with E-state index in [0.717, 1.165) is 28.0 Å². The maximum Gasteiger partial charge on any atom is 0.335 e. The molecule has 0 unspecified atom stereocenters. The van der Waals surface area contributed by atoms with E-state index in [4.69, 9.17) is 16.0 Å². The number of furan rings is 1. The van der Waals surface area contributed by atoms with Crippen LogP contribution in [-0.2, 0) is 16.0 Å². The quantitative estimate of drug-likeness (QED) is 0.455. The Bertz CT molecular complexity index is 1220. The van der Waals surface area contributed by atoms with Gasteiger partial charge in [0.15, 0.2) is 0 Å². The smallest absolute Gasteiger partial charge is 0.335 e. The largest absolute Gasteiger partial charge is 0.457 e. The SMILES string of the molecule is CCc1ccc(N2C(=O)NC(=O)C(=Cc3ccc(-c4cc(Cl)ccc4C)o3)C2=O)cc1. The molecule has 1 aromatic heterocycles. The molecule has 2 aromatic carbocycles. The summed E-state index contributed by atoms with van der Waals surface area (Å²) < 4.78 is 5.83. The van der Waals surface area contributed by atoms with Crippen molar-refractivity contribution in [1.29, 1.82) is 0 Å². The Morgan fingerprint density at radius 2 is 1.77 bits per heavy atom. The Morgan fingerprint density at radius 1 is 1.03 bits per heavy atom. The second-order valence-electron chi connectivity index (χ2n) is 7.14. The van der Waals surface area contributed by atoms with Gasteiger partial charge in [0.1, 0.15) is 17.1 Å². The van der Waals surface area contributed by atoms with E-state index in [-0.39, 0.29) is 5.57 Å². The second kappa shape index (κ2) is 8.24. The zero-order chi connectivity index (χ0) is 22.1. The molecule has 7 heteroatoms. The van der Waals surface area contributed by atoms with E-state index in [1.165, 1.54) is 6.08 Å². The first-order valence-corrected chi connectivity index (χ1v) is 10.1. The van der Waals surface area contributed by atoms with Crippen LogP contribution in [0.3, 0.4) is 0 Å². The van der Waals surface area contributed by atoms with Crippen molar-refractivity contribution in [3.05, 3.63) is 82.1 Å². The number of benzene rings is 2. The van der Waals surface area contributed by atoms with Crippen molar-refractivity contribution in [2.75, 3.05) is 4.90 Å². The number of amides is 4. The van der Waals surface area contributed by atoms with Crippen LogP contribution in [0.25, 0.3) is 17.4 Å². The van der Waals surface area contributed by atoms with Crippen molar-refractivity contribution in [1.82, 2.24) is 5.32 Å². The van der Waals surface area contributed by atoms with E-state index in [0.29, 0.717) is 22.2 Å². The third-order valence-corrected chi connectivity index (χ3v) is 5.32. The highest BCUT2D eigenvalue weighted by Crippen LogP contribution is 2.29. The lowest BCUT2D eigenvalue weighted by molar-refractivity contribution is -0.122. The van der Waals surface area contributed by atoms with Crippen LogP contribution in [-0.4, -0.2) is 17.8 Å². The van der Waals surface area contributed by atoms with E-state index < -0.39 is 17.8 Å². The molecule has 1 aliphatic heterocycles. The van der Waals surface area contributed by atoms with Gasteiger partial charge in [-0.25, -0.2) is 9.69 Å². The summed E-state index contributed by atoms with van der Waals surface area (Å²) in [6.45, 7) is 3.94. The molecule has 4 rings (SSSR count). The molecule has 0 bridgehead atoms. The van der Waals surface area contributed by atoms with Crippen LogP contribution in [0.15, 0.2) is 64.6 Å². The number of halogens is 1. The fraction of sp³-hybridized carbons (Fsp3) is 0.125. The predicted molar refractivity (Wildman–Crippen MR) is 119 cm³/mol. The summed E-state index contributed by atoms with van der Waals surface area (Å²) in [4.78, 5) is 38.6. The average molecular weight is 435 g/mol. The molecular formula is C24H19ClN2O4. The molecule has 1 saturated heterocycles. The van der Waals surface area contributed by atoms with Crippen LogP contribution in [0.4, 0.5) is 10.5 Å². The van der Waals surface area contributed by atoms with E-state index in [9.17, 15) is 14.4 Å². The number of nitrogens with one attached hydrogen (secondary N) is 1. The average Bonchev–Trinajstić information content (AvgIpc) is 3.21. The van der Waals surface area contributed by atoms with Gasteiger partial charge in [-0.2, -0.15) is 0 Å². The van der Waals surface area contributed by atoms with Crippen LogP contribution in [0.1, 0.15) is 23.8 Å². The molecule has 0 saturated carbocycles. The maximum atomic E-state index is 13.0. The first-order valence-electron chi connectivity index (χ1n) is 9.74. The summed E-state index contributed by atoms with van der Waals surface area (Å²) in [7, 11) is 0. The lowest BCUT2D eigenvalue weighted by Gasteiger charge is -2.26. The number of urea groups is 1. The molecule has 0 radical (unpaired) electrons. The van der Waals surface area contributed by atoms with Gasteiger partial charge in [-0.3, -0.25) is 14.9 Å². The molecule has 1 fully saturated rings. The van der Waals surface area contributed by atoms with Crippen molar-refractivity contribution >= 4 is 41.2 Å². The molecule has 31 heavy (non-hydrogen) atoms. The van der Waals surface area contributed by atoms with E-state index in [1.54, 1.807) is 36.4 Å². The minimum Gasteiger partial charge on any atom is -0.457 e. The first kappa shape index (κ1) is 20.6. The highest BCUT2D eigenvalue weighted by molar-refractivity contribution is 6.39.